The third kappa shape index (κ3) is 3.24. The fourth-order valence-electron chi connectivity index (χ4n) is 2.25. The number of aryl methyl sites for hydroxylation is 1. The molecular weight excluding hydrogens is 320 g/mol. The third-order valence-electron chi connectivity index (χ3n) is 3.48. The van der Waals surface area contributed by atoms with Gasteiger partial charge in [0.15, 0.2) is 17.3 Å². The van der Waals surface area contributed by atoms with Gasteiger partial charge in [-0.25, -0.2) is 4.98 Å². The topological polar surface area (TPSA) is 89.1 Å². The van der Waals surface area contributed by atoms with Crippen molar-refractivity contribution in [1.82, 2.24) is 20.5 Å². The Kier molecular flexibility index (Phi) is 4.38. The van der Waals surface area contributed by atoms with Crippen LogP contribution in [0.15, 0.2) is 12.1 Å². The fraction of sp³-hybridized carbons (Fsp3) is 0.400. The molecule has 0 fully saturated rings. The first kappa shape index (κ1) is 15.6. The first-order chi connectivity index (χ1) is 11.1. The average molecular weight is 337 g/mol. The number of carbonyl (C=O) groups excluding carboxylic acids is 1. The van der Waals surface area contributed by atoms with Crippen molar-refractivity contribution in [3.8, 4) is 11.5 Å². The number of fused-ring (bicyclic) bond motifs is 1. The van der Waals surface area contributed by atoms with Crippen LogP contribution in [0.2, 0.25) is 5.02 Å². The van der Waals surface area contributed by atoms with Crippen LogP contribution in [0.3, 0.4) is 0 Å². The summed E-state index contributed by atoms with van der Waals surface area (Å²) in [5.74, 6) is 2.00. The molecule has 0 saturated carbocycles. The Bertz CT molecular complexity index is 732. The van der Waals surface area contributed by atoms with Gasteiger partial charge in [0.1, 0.15) is 19.0 Å². The fourth-order valence-corrected chi connectivity index (χ4v) is 2.51. The van der Waals surface area contributed by atoms with Crippen molar-refractivity contribution >= 4 is 17.5 Å². The number of ether oxygens (including phenoxy) is 2. The smallest absolute Gasteiger partial charge is 0.252 e. The SMILES string of the molecule is CCc1nc(C(C)NC(=O)c2cc(Cl)c3c(c2)OCCO3)n[nH]1. The molecule has 1 unspecified atom stereocenters. The number of benzene rings is 1. The maximum atomic E-state index is 12.4. The molecule has 1 aromatic carbocycles. The molecule has 0 spiro atoms. The zero-order valence-electron chi connectivity index (χ0n) is 12.9. The van der Waals surface area contributed by atoms with Crippen LogP contribution in [0.4, 0.5) is 0 Å². The summed E-state index contributed by atoms with van der Waals surface area (Å²) in [5, 5.41) is 10.1. The summed E-state index contributed by atoms with van der Waals surface area (Å²) in [6.45, 7) is 4.67. The molecule has 0 radical (unpaired) electrons. The van der Waals surface area contributed by atoms with E-state index in [1.54, 1.807) is 12.1 Å². The molecule has 2 N–H and O–H groups in total. The van der Waals surface area contributed by atoms with Gasteiger partial charge < -0.3 is 14.8 Å². The molecule has 122 valence electrons. The maximum absolute atomic E-state index is 12.4. The molecule has 1 aliphatic heterocycles. The number of aromatic nitrogens is 3. The summed E-state index contributed by atoms with van der Waals surface area (Å²) in [5.41, 5.74) is 0.400. The van der Waals surface area contributed by atoms with Gasteiger partial charge in [0.2, 0.25) is 0 Å². The van der Waals surface area contributed by atoms with E-state index >= 15 is 0 Å². The Hall–Kier alpha value is -2.28. The quantitative estimate of drug-likeness (QED) is 0.894. The molecule has 7 nitrogen and oxygen atoms in total. The molecular formula is C15H17ClN4O3. The first-order valence-corrected chi connectivity index (χ1v) is 7.77. The highest BCUT2D eigenvalue weighted by molar-refractivity contribution is 6.32. The highest BCUT2D eigenvalue weighted by Gasteiger charge is 2.21. The van der Waals surface area contributed by atoms with Gasteiger partial charge >= 0.3 is 0 Å². The van der Waals surface area contributed by atoms with E-state index in [-0.39, 0.29) is 11.9 Å². The van der Waals surface area contributed by atoms with Gasteiger partial charge in [0, 0.05) is 12.0 Å². The van der Waals surface area contributed by atoms with Crippen LogP contribution in [0.5, 0.6) is 11.5 Å². The lowest BCUT2D eigenvalue weighted by atomic mass is 10.1. The van der Waals surface area contributed by atoms with E-state index in [0.717, 1.165) is 12.2 Å². The Balaban J connectivity index is 1.76. The van der Waals surface area contributed by atoms with Crippen LogP contribution in [-0.2, 0) is 6.42 Å². The molecule has 1 atom stereocenters. The van der Waals surface area contributed by atoms with Crippen LogP contribution in [-0.4, -0.2) is 34.3 Å². The highest BCUT2D eigenvalue weighted by Crippen LogP contribution is 2.38. The largest absolute Gasteiger partial charge is 0.486 e. The lowest BCUT2D eigenvalue weighted by molar-refractivity contribution is 0.0937. The van der Waals surface area contributed by atoms with E-state index in [1.807, 2.05) is 13.8 Å². The summed E-state index contributed by atoms with van der Waals surface area (Å²) in [4.78, 5) is 16.7. The van der Waals surface area contributed by atoms with Crippen LogP contribution < -0.4 is 14.8 Å². The zero-order valence-corrected chi connectivity index (χ0v) is 13.6. The second-order valence-corrected chi connectivity index (χ2v) is 5.58. The lowest BCUT2D eigenvalue weighted by Gasteiger charge is -2.20. The molecule has 2 heterocycles. The summed E-state index contributed by atoms with van der Waals surface area (Å²) < 4.78 is 10.9. The zero-order chi connectivity index (χ0) is 16.4. The number of hydrogen-bond donors (Lipinski definition) is 2. The van der Waals surface area contributed by atoms with E-state index in [9.17, 15) is 4.79 Å². The van der Waals surface area contributed by atoms with Crippen molar-refractivity contribution in [2.24, 2.45) is 0 Å². The highest BCUT2D eigenvalue weighted by atomic mass is 35.5. The predicted octanol–water partition coefficient (Wildman–Crippen LogP) is 2.28. The summed E-state index contributed by atoms with van der Waals surface area (Å²) in [6.07, 6.45) is 0.755. The number of aromatic amines is 1. The van der Waals surface area contributed by atoms with E-state index < -0.39 is 0 Å². The van der Waals surface area contributed by atoms with Crippen LogP contribution in [0.25, 0.3) is 0 Å². The van der Waals surface area contributed by atoms with Gasteiger partial charge in [-0.3, -0.25) is 9.89 Å². The summed E-state index contributed by atoms with van der Waals surface area (Å²) in [6, 6.07) is 2.86. The van der Waals surface area contributed by atoms with Gasteiger partial charge in [-0.15, -0.1) is 0 Å². The normalized spacial score (nSPS) is 14.4. The minimum atomic E-state index is -0.328. The second kappa shape index (κ2) is 6.45. The minimum absolute atomic E-state index is 0.278. The molecule has 1 aliphatic rings. The Morgan fingerprint density at radius 3 is 2.96 bits per heavy atom. The molecule has 0 aliphatic carbocycles. The molecule has 1 amide bonds. The molecule has 0 bridgehead atoms. The molecule has 1 aromatic heterocycles. The number of H-pyrrole nitrogens is 1. The Morgan fingerprint density at radius 2 is 2.22 bits per heavy atom. The predicted molar refractivity (Wildman–Crippen MR) is 84.1 cm³/mol. The molecule has 23 heavy (non-hydrogen) atoms. The van der Waals surface area contributed by atoms with Crippen molar-refractivity contribution in [3.05, 3.63) is 34.4 Å². The third-order valence-corrected chi connectivity index (χ3v) is 3.76. The number of halogens is 1. The van der Waals surface area contributed by atoms with Crippen molar-refractivity contribution in [2.45, 2.75) is 26.3 Å². The van der Waals surface area contributed by atoms with E-state index in [4.69, 9.17) is 21.1 Å². The van der Waals surface area contributed by atoms with Crippen molar-refractivity contribution in [3.63, 3.8) is 0 Å². The lowest BCUT2D eigenvalue weighted by Crippen LogP contribution is -2.27. The maximum Gasteiger partial charge on any atom is 0.252 e. The summed E-state index contributed by atoms with van der Waals surface area (Å²) in [7, 11) is 0. The molecule has 8 heteroatoms. The van der Waals surface area contributed by atoms with Gasteiger partial charge in [-0.05, 0) is 19.1 Å². The molecule has 0 saturated heterocycles. The number of amides is 1. The van der Waals surface area contributed by atoms with Gasteiger partial charge in [0.25, 0.3) is 5.91 Å². The van der Waals surface area contributed by atoms with Gasteiger partial charge in [0.05, 0.1) is 11.1 Å². The van der Waals surface area contributed by atoms with E-state index in [2.05, 4.69) is 20.5 Å². The van der Waals surface area contributed by atoms with E-state index in [0.29, 0.717) is 41.1 Å². The van der Waals surface area contributed by atoms with Crippen LogP contribution >= 0.6 is 11.6 Å². The van der Waals surface area contributed by atoms with Crippen molar-refractivity contribution < 1.29 is 14.3 Å². The second-order valence-electron chi connectivity index (χ2n) is 5.17. The number of nitrogens with zero attached hydrogens (tertiary/aromatic N) is 2. The van der Waals surface area contributed by atoms with Gasteiger partial charge in [-0.2, -0.15) is 5.10 Å². The first-order valence-electron chi connectivity index (χ1n) is 7.39. The number of carbonyl (C=O) groups is 1. The monoisotopic (exact) mass is 336 g/mol. The average Bonchev–Trinajstić information content (AvgIpc) is 3.04. The Labute approximate surface area is 138 Å². The van der Waals surface area contributed by atoms with Crippen molar-refractivity contribution in [2.75, 3.05) is 13.2 Å². The van der Waals surface area contributed by atoms with Gasteiger partial charge in [-0.1, -0.05) is 18.5 Å². The van der Waals surface area contributed by atoms with Crippen molar-refractivity contribution in [1.29, 1.82) is 0 Å². The number of hydrogen-bond acceptors (Lipinski definition) is 5. The Morgan fingerprint density at radius 1 is 1.43 bits per heavy atom. The van der Waals surface area contributed by atoms with E-state index in [1.165, 1.54) is 0 Å². The minimum Gasteiger partial charge on any atom is -0.486 e. The standard InChI is InChI=1S/C15H17ClN4O3/c1-3-12-18-14(20-19-12)8(2)17-15(21)9-6-10(16)13-11(7-9)22-4-5-23-13/h6-8H,3-5H2,1-2H3,(H,17,21)(H,18,19,20). The van der Waals surface area contributed by atoms with Crippen LogP contribution in [0, 0.1) is 0 Å². The summed E-state index contributed by atoms with van der Waals surface area (Å²) >= 11 is 6.15. The number of rotatable bonds is 4. The molecule has 3 rings (SSSR count). The molecule has 2 aromatic rings. The van der Waals surface area contributed by atoms with Crippen LogP contribution in [0.1, 0.15) is 41.9 Å². The number of nitrogens with one attached hydrogen (secondary N) is 2.